The largest absolute Gasteiger partial charge is 0.276 e. The van der Waals surface area contributed by atoms with Crippen LogP contribution in [0.25, 0.3) is 16.9 Å². The van der Waals surface area contributed by atoms with Crippen molar-refractivity contribution >= 4 is 21.4 Å². The van der Waals surface area contributed by atoms with Crippen LogP contribution in [-0.4, -0.2) is 38.5 Å². The molecule has 3 heterocycles. The molecule has 0 aliphatic heterocycles. The van der Waals surface area contributed by atoms with Gasteiger partial charge >= 0.3 is 0 Å². The smallest absolute Gasteiger partial charge is 0.275 e. The highest BCUT2D eigenvalue weighted by atomic mass is 32.2. The maximum absolute atomic E-state index is 12.5. The monoisotopic (exact) mass is 409 g/mol. The van der Waals surface area contributed by atoms with E-state index in [4.69, 9.17) is 0 Å². The van der Waals surface area contributed by atoms with Gasteiger partial charge in [-0.2, -0.15) is 28.5 Å². The van der Waals surface area contributed by atoms with Crippen LogP contribution in [0.2, 0.25) is 0 Å². The Kier molecular flexibility index (Phi) is 4.63. The molecule has 0 amide bonds. The minimum Gasteiger partial charge on any atom is -0.275 e. The predicted octanol–water partition coefficient (Wildman–Crippen LogP) is 2.14. The topological polar surface area (TPSA) is 107 Å². The molecule has 4 aromatic rings. The molecule has 10 heteroatoms. The van der Waals surface area contributed by atoms with Crippen molar-refractivity contribution in [3.63, 3.8) is 0 Å². The van der Waals surface area contributed by atoms with Gasteiger partial charge in [-0.3, -0.25) is 4.68 Å². The maximum Gasteiger partial charge on any atom is 0.276 e. The van der Waals surface area contributed by atoms with E-state index in [1.165, 1.54) is 0 Å². The summed E-state index contributed by atoms with van der Waals surface area (Å²) in [5, 5.41) is 12.5. The zero-order chi connectivity index (χ0) is 20.6. The summed E-state index contributed by atoms with van der Waals surface area (Å²) in [7, 11) is -1.92. The fourth-order valence-corrected chi connectivity index (χ4v) is 3.65. The SMILES string of the molecule is CC(=NNS(=O)(=O)c1ccc(C)cc1)c1cnn2ccc(-c3cnn(C)c3)nc12. The van der Waals surface area contributed by atoms with E-state index in [-0.39, 0.29) is 4.90 Å². The molecule has 3 aromatic heterocycles. The van der Waals surface area contributed by atoms with Crippen molar-refractivity contribution in [3.8, 4) is 11.3 Å². The van der Waals surface area contributed by atoms with E-state index in [9.17, 15) is 8.42 Å². The summed E-state index contributed by atoms with van der Waals surface area (Å²) in [5.74, 6) is 0. The van der Waals surface area contributed by atoms with Crippen molar-refractivity contribution in [2.45, 2.75) is 18.7 Å². The lowest BCUT2D eigenvalue weighted by Gasteiger charge is -2.05. The molecule has 29 heavy (non-hydrogen) atoms. The predicted molar refractivity (Wildman–Crippen MR) is 109 cm³/mol. The van der Waals surface area contributed by atoms with Crippen molar-refractivity contribution in [3.05, 3.63) is 66.2 Å². The van der Waals surface area contributed by atoms with Gasteiger partial charge in [0.2, 0.25) is 0 Å². The van der Waals surface area contributed by atoms with E-state index < -0.39 is 10.0 Å². The summed E-state index contributed by atoms with van der Waals surface area (Å²) in [6.07, 6.45) is 6.99. The van der Waals surface area contributed by atoms with Gasteiger partial charge in [0.1, 0.15) is 0 Å². The lowest BCUT2D eigenvalue weighted by atomic mass is 10.2. The van der Waals surface area contributed by atoms with Crippen molar-refractivity contribution in [2.24, 2.45) is 12.1 Å². The molecule has 0 saturated heterocycles. The first-order chi connectivity index (χ1) is 13.8. The third-order valence-corrected chi connectivity index (χ3v) is 5.65. The summed E-state index contributed by atoms with van der Waals surface area (Å²) in [6, 6.07) is 8.40. The van der Waals surface area contributed by atoms with Crippen LogP contribution in [0.5, 0.6) is 0 Å². The van der Waals surface area contributed by atoms with Gasteiger partial charge < -0.3 is 0 Å². The van der Waals surface area contributed by atoms with E-state index in [1.54, 1.807) is 59.0 Å². The molecule has 148 valence electrons. The molecule has 0 atom stereocenters. The summed E-state index contributed by atoms with van der Waals surface area (Å²) < 4.78 is 28.2. The first kappa shape index (κ1) is 18.8. The Labute approximate surface area is 167 Å². The number of aryl methyl sites for hydroxylation is 2. The fourth-order valence-electron chi connectivity index (χ4n) is 2.80. The highest BCUT2D eigenvalue weighted by Crippen LogP contribution is 2.18. The van der Waals surface area contributed by atoms with Gasteiger partial charge in [0, 0.05) is 25.0 Å². The first-order valence-corrected chi connectivity index (χ1v) is 10.3. The molecule has 0 fully saturated rings. The normalized spacial score (nSPS) is 12.4. The van der Waals surface area contributed by atoms with Crippen LogP contribution in [-0.2, 0) is 17.1 Å². The van der Waals surface area contributed by atoms with Crippen molar-refractivity contribution in [1.82, 2.24) is 29.2 Å². The minimum atomic E-state index is -3.76. The molecule has 0 spiro atoms. The second-order valence-corrected chi connectivity index (χ2v) is 8.31. The van der Waals surface area contributed by atoms with Crippen LogP contribution in [0.3, 0.4) is 0 Å². The van der Waals surface area contributed by atoms with E-state index >= 15 is 0 Å². The van der Waals surface area contributed by atoms with Crippen molar-refractivity contribution in [1.29, 1.82) is 0 Å². The molecule has 4 rings (SSSR count). The van der Waals surface area contributed by atoms with Crippen LogP contribution in [0.1, 0.15) is 18.1 Å². The molecular formula is C19H19N7O2S. The van der Waals surface area contributed by atoms with Crippen molar-refractivity contribution < 1.29 is 8.42 Å². The highest BCUT2D eigenvalue weighted by Gasteiger charge is 2.15. The number of aromatic nitrogens is 5. The number of sulfonamides is 1. The average Bonchev–Trinajstić information content (AvgIpc) is 3.32. The van der Waals surface area contributed by atoms with Gasteiger partial charge in [0.15, 0.2) is 5.65 Å². The molecule has 0 unspecified atom stereocenters. The van der Waals surface area contributed by atoms with Gasteiger partial charge in [-0.15, -0.1) is 0 Å². The molecule has 0 aliphatic carbocycles. The number of nitrogens with one attached hydrogen (secondary N) is 1. The number of rotatable bonds is 5. The molecule has 0 saturated carbocycles. The van der Waals surface area contributed by atoms with E-state index in [1.807, 2.05) is 26.2 Å². The van der Waals surface area contributed by atoms with Gasteiger partial charge in [-0.1, -0.05) is 17.7 Å². The number of benzene rings is 1. The maximum atomic E-state index is 12.5. The molecule has 1 N–H and O–H groups in total. The number of hydrogen-bond donors (Lipinski definition) is 1. The van der Waals surface area contributed by atoms with Gasteiger partial charge in [-0.05, 0) is 32.0 Å². The first-order valence-electron chi connectivity index (χ1n) is 8.80. The summed E-state index contributed by atoms with van der Waals surface area (Å²) in [4.78, 5) is 7.07. The van der Waals surface area contributed by atoms with Crippen molar-refractivity contribution in [2.75, 3.05) is 0 Å². The third-order valence-electron chi connectivity index (χ3n) is 4.42. The minimum absolute atomic E-state index is 0.150. The van der Waals surface area contributed by atoms with E-state index in [2.05, 4.69) is 25.1 Å². The Morgan fingerprint density at radius 1 is 1.10 bits per heavy atom. The fraction of sp³-hybridized carbons (Fsp3) is 0.158. The number of nitrogens with zero attached hydrogens (tertiary/aromatic N) is 6. The van der Waals surface area contributed by atoms with Crippen LogP contribution in [0, 0.1) is 6.92 Å². The van der Waals surface area contributed by atoms with Gasteiger partial charge in [0.25, 0.3) is 10.0 Å². The summed E-state index contributed by atoms with van der Waals surface area (Å²) in [5.41, 5.74) is 4.23. The Bertz CT molecular complexity index is 1320. The molecular weight excluding hydrogens is 390 g/mol. The zero-order valence-electron chi connectivity index (χ0n) is 16.1. The number of fused-ring (bicyclic) bond motifs is 1. The quantitative estimate of drug-likeness (QED) is 0.401. The molecule has 9 nitrogen and oxygen atoms in total. The Morgan fingerprint density at radius 2 is 1.86 bits per heavy atom. The Hall–Kier alpha value is -3.53. The number of hydrazone groups is 1. The Balaban J connectivity index is 1.65. The van der Waals surface area contributed by atoms with E-state index in [0.717, 1.165) is 16.8 Å². The Morgan fingerprint density at radius 3 is 2.55 bits per heavy atom. The number of hydrogen-bond acceptors (Lipinski definition) is 6. The zero-order valence-corrected chi connectivity index (χ0v) is 16.9. The second kappa shape index (κ2) is 7.13. The average molecular weight is 409 g/mol. The standard InChI is InChI=1S/C19H19N7O2S/c1-13-4-6-16(7-5-13)29(27,28)24-23-14(2)17-11-21-26-9-8-18(22-19(17)26)15-10-20-25(3)12-15/h4-12,24H,1-3H3. The van der Waals surface area contributed by atoms with Crippen LogP contribution in [0.4, 0.5) is 0 Å². The van der Waals surface area contributed by atoms with Crippen LogP contribution >= 0.6 is 0 Å². The van der Waals surface area contributed by atoms with Crippen LogP contribution in [0.15, 0.2) is 65.1 Å². The second-order valence-electron chi connectivity index (χ2n) is 6.65. The molecule has 0 aliphatic rings. The van der Waals surface area contributed by atoms with E-state index in [0.29, 0.717) is 16.9 Å². The lowest BCUT2D eigenvalue weighted by Crippen LogP contribution is -2.20. The lowest BCUT2D eigenvalue weighted by molar-refractivity contribution is 0.584. The summed E-state index contributed by atoms with van der Waals surface area (Å²) >= 11 is 0. The summed E-state index contributed by atoms with van der Waals surface area (Å²) in [6.45, 7) is 3.59. The van der Waals surface area contributed by atoms with Gasteiger partial charge in [-0.25, -0.2) is 9.50 Å². The van der Waals surface area contributed by atoms with Gasteiger partial charge in [0.05, 0.1) is 34.3 Å². The van der Waals surface area contributed by atoms with Crippen LogP contribution < -0.4 is 4.83 Å². The molecule has 0 radical (unpaired) electrons. The molecule has 0 bridgehead atoms. The third kappa shape index (κ3) is 3.74. The highest BCUT2D eigenvalue weighted by molar-refractivity contribution is 7.89. The molecule has 1 aromatic carbocycles.